The summed E-state index contributed by atoms with van der Waals surface area (Å²) in [7, 11) is -3.34. The molecule has 1 aliphatic carbocycles. The molecule has 3 nitrogen and oxygen atoms in total. The van der Waals surface area contributed by atoms with Gasteiger partial charge in [0.1, 0.15) is 0 Å². The molecule has 0 bridgehead atoms. The topological polar surface area (TPSA) is 46.2 Å². The first-order valence-corrected chi connectivity index (χ1v) is 7.93. The number of benzene rings is 1. The van der Waals surface area contributed by atoms with Gasteiger partial charge in [0.05, 0.1) is 0 Å². The van der Waals surface area contributed by atoms with Crippen LogP contribution in [-0.2, 0) is 10.0 Å². The molecule has 0 atom stereocenters. The zero-order valence-corrected chi connectivity index (χ0v) is 11.5. The molecule has 0 radical (unpaired) electrons. The standard InChI is InChI=1S/C13H16ClNO2S/c14-12-7-5-11(6-8-12)9-10-18(16,17)15-13-3-1-2-4-13/h5-10,13,15H,1-4H2. The predicted molar refractivity (Wildman–Crippen MR) is 74.8 cm³/mol. The van der Waals surface area contributed by atoms with Crippen LogP contribution in [0, 0.1) is 0 Å². The zero-order chi connectivity index (χ0) is 13.0. The van der Waals surface area contributed by atoms with Crippen LogP contribution in [0.3, 0.4) is 0 Å². The van der Waals surface area contributed by atoms with Gasteiger partial charge >= 0.3 is 0 Å². The van der Waals surface area contributed by atoms with E-state index in [2.05, 4.69) is 4.72 Å². The van der Waals surface area contributed by atoms with Crippen LogP contribution in [0.25, 0.3) is 6.08 Å². The molecular formula is C13H16ClNO2S. The molecule has 0 heterocycles. The Labute approximate surface area is 113 Å². The largest absolute Gasteiger partial charge is 0.233 e. The van der Waals surface area contributed by atoms with Crippen LogP contribution in [0.1, 0.15) is 31.2 Å². The van der Waals surface area contributed by atoms with Crippen LogP contribution in [0.4, 0.5) is 0 Å². The van der Waals surface area contributed by atoms with Crippen LogP contribution in [0.5, 0.6) is 0 Å². The van der Waals surface area contributed by atoms with Crippen molar-refractivity contribution in [3.63, 3.8) is 0 Å². The molecule has 0 aromatic heterocycles. The van der Waals surface area contributed by atoms with Gasteiger partial charge in [-0.05, 0) is 36.6 Å². The number of rotatable bonds is 4. The van der Waals surface area contributed by atoms with Crippen molar-refractivity contribution >= 4 is 27.7 Å². The maximum atomic E-state index is 11.8. The Hall–Kier alpha value is -0.840. The molecule has 5 heteroatoms. The van der Waals surface area contributed by atoms with Crippen molar-refractivity contribution in [3.05, 3.63) is 40.3 Å². The Balaban J connectivity index is 2.00. The molecule has 0 unspecified atom stereocenters. The van der Waals surface area contributed by atoms with Crippen molar-refractivity contribution in [1.29, 1.82) is 0 Å². The van der Waals surface area contributed by atoms with Crippen molar-refractivity contribution in [2.45, 2.75) is 31.7 Å². The molecule has 1 aromatic rings. The van der Waals surface area contributed by atoms with E-state index in [1.165, 1.54) is 5.41 Å². The number of sulfonamides is 1. The molecule has 1 N–H and O–H groups in total. The lowest BCUT2D eigenvalue weighted by Gasteiger charge is -2.09. The first-order chi connectivity index (χ1) is 8.55. The highest BCUT2D eigenvalue weighted by Crippen LogP contribution is 2.18. The summed E-state index contributed by atoms with van der Waals surface area (Å²) in [5.41, 5.74) is 0.816. The van der Waals surface area contributed by atoms with Gasteiger partial charge in [0.15, 0.2) is 0 Å². The lowest BCUT2D eigenvalue weighted by atomic mass is 10.2. The number of hydrogen-bond acceptors (Lipinski definition) is 2. The molecule has 0 aliphatic heterocycles. The van der Waals surface area contributed by atoms with Crippen LogP contribution in [-0.4, -0.2) is 14.5 Å². The molecule has 0 spiro atoms. The molecule has 1 saturated carbocycles. The molecule has 2 rings (SSSR count). The number of nitrogens with one attached hydrogen (secondary N) is 1. The molecule has 1 aliphatic rings. The maximum Gasteiger partial charge on any atom is 0.233 e. The van der Waals surface area contributed by atoms with E-state index >= 15 is 0 Å². The summed E-state index contributed by atoms with van der Waals surface area (Å²) in [6.45, 7) is 0. The molecule has 0 amide bonds. The summed E-state index contributed by atoms with van der Waals surface area (Å²) in [5.74, 6) is 0. The fourth-order valence-corrected chi connectivity index (χ4v) is 3.30. The van der Waals surface area contributed by atoms with Gasteiger partial charge < -0.3 is 0 Å². The minimum absolute atomic E-state index is 0.102. The second-order valence-electron chi connectivity index (χ2n) is 4.50. The van der Waals surface area contributed by atoms with Crippen molar-refractivity contribution in [1.82, 2.24) is 4.72 Å². The average molecular weight is 286 g/mol. The minimum atomic E-state index is -3.34. The molecule has 18 heavy (non-hydrogen) atoms. The van der Waals surface area contributed by atoms with E-state index < -0.39 is 10.0 Å². The second kappa shape index (κ2) is 5.87. The summed E-state index contributed by atoms with van der Waals surface area (Å²) in [6.07, 6.45) is 5.66. The summed E-state index contributed by atoms with van der Waals surface area (Å²) in [4.78, 5) is 0. The first-order valence-electron chi connectivity index (χ1n) is 6.01. The van der Waals surface area contributed by atoms with Crippen molar-refractivity contribution < 1.29 is 8.42 Å². The van der Waals surface area contributed by atoms with E-state index in [1.807, 2.05) is 0 Å². The van der Waals surface area contributed by atoms with E-state index in [4.69, 9.17) is 11.6 Å². The Morgan fingerprint density at radius 3 is 2.39 bits per heavy atom. The smallest absolute Gasteiger partial charge is 0.209 e. The van der Waals surface area contributed by atoms with E-state index in [0.717, 1.165) is 31.2 Å². The van der Waals surface area contributed by atoms with Gasteiger partial charge in [-0.3, -0.25) is 0 Å². The molecule has 1 aromatic carbocycles. The quantitative estimate of drug-likeness (QED) is 0.923. The summed E-state index contributed by atoms with van der Waals surface area (Å²) in [6, 6.07) is 7.13. The third-order valence-electron chi connectivity index (χ3n) is 3.00. The Kier molecular flexibility index (Phi) is 4.43. The van der Waals surface area contributed by atoms with Crippen LogP contribution >= 0.6 is 11.6 Å². The van der Waals surface area contributed by atoms with Gasteiger partial charge in [-0.15, -0.1) is 0 Å². The van der Waals surface area contributed by atoms with Gasteiger partial charge in [-0.25, -0.2) is 13.1 Å². The highest BCUT2D eigenvalue weighted by molar-refractivity contribution is 7.92. The molecule has 98 valence electrons. The van der Waals surface area contributed by atoms with Gasteiger partial charge in [-0.1, -0.05) is 36.6 Å². The maximum absolute atomic E-state index is 11.8. The lowest BCUT2D eigenvalue weighted by molar-refractivity contribution is 0.561. The second-order valence-corrected chi connectivity index (χ2v) is 6.53. The fourth-order valence-electron chi connectivity index (χ4n) is 2.06. The zero-order valence-electron chi connectivity index (χ0n) is 9.97. The highest BCUT2D eigenvalue weighted by Gasteiger charge is 2.19. The summed E-state index contributed by atoms with van der Waals surface area (Å²) >= 11 is 5.76. The summed E-state index contributed by atoms with van der Waals surface area (Å²) < 4.78 is 26.3. The van der Waals surface area contributed by atoms with Gasteiger partial charge in [0, 0.05) is 16.5 Å². The predicted octanol–water partition coefficient (Wildman–Crippen LogP) is 3.17. The molecule has 1 fully saturated rings. The van der Waals surface area contributed by atoms with Crippen LogP contribution in [0.2, 0.25) is 5.02 Å². The van der Waals surface area contributed by atoms with Gasteiger partial charge in [0.2, 0.25) is 10.0 Å². The van der Waals surface area contributed by atoms with E-state index in [9.17, 15) is 8.42 Å². The first kappa shape index (κ1) is 13.6. The average Bonchev–Trinajstić information content (AvgIpc) is 2.80. The third-order valence-corrected chi connectivity index (χ3v) is 4.40. The normalized spacial score (nSPS) is 17.6. The van der Waals surface area contributed by atoms with Crippen LogP contribution in [0.15, 0.2) is 29.7 Å². The number of hydrogen-bond donors (Lipinski definition) is 1. The van der Waals surface area contributed by atoms with Crippen molar-refractivity contribution in [2.75, 3.05) is 0 Å². The van der Waals surface area contributed by atoms with Crippen molar-refractivity contribution in [2.24, 2.45) is 0 Å². The Bertz CT molecular complexity index is 516. The van der Waals surface area contributed by atoms with E-state index in [0.29, 0.717) is 5.02 Å². The lowest BCUT2D eigenvalue weighted by Crippen LogP contribution is -2.30. The minimum Gasteiger partial charge on any atom is -0.209 e. The van der Waals surface area contributed by atoms with E-state index in [1.54, 1.807) is 30.3 Å². The van der Waals surface area contributed by atoms with Gasteiger partial charge in [-0.2, -0.15) is 0 Å². The Morgan fingerprint density at radius 1 is 1.17 bits per heavy atom. The van der Waals surface area contributed by atoms with Crippen LogP contribution < -0.4 is 4.72 Å². The Morgan fingerprint density at radius 2 is 1.78 bits per heavy atom. The van der Waals surface area contributed by atoms with Crippen molar-refractivity contribution in [3.8, 4) is 0 Å². The van der Waals surface area contributed by atoms with Gasteiger partial charge in [0.25, 0.3) is 0 Å². The number of halogens is 1. The van der Waals surface area contributed by atoms with E-state index in [-0.39, 0.29) is 6.04 Å². The molecule has 0 saturated heterocycles. The molecular weight excluding hydrogens is 270 g/mol. The fraction of sp³-hybridized carbons (Fsp3) is 0.385. The highest BCUT2D eigenvalue weighted by atomic mass is 35.5. The monoisotopic (exact) mass is 285 g/mol. The SMILES string of the molecule is O=S(=O)(C=Cc1ccc(Cl)cc1)NC1CCCC1. The third kappa shape index (κ3) is 4.12. The summed E-state index contributed by atoms with van der Waals surface area (Å²) in [5, 5.41) is 1.85.